The molecule has 2 fully saturated rings. The van der Waals surface area contributed by atoms with Crippen LogP contribution in [0.3, 0.4) is 0 Å². The second-order valence-electron chi connectivity index (χ2n) is 5.57. The van der Waals surface area contributed by atoms with Crippen LogP contribution in [0, 0.1) is 18.8 Å². The summed E-state index contributed by atoms with van der Waals surface area (Å²) in [5.74, 6) is 1.57. The summed E-state index contributed by atoms with van der Waals surface area (Å²) in [5.41, 5.74) is 1.42. The third kappa shape index (κ3) is 2.47. The number of aryl methyl sites for hydroxylation is 1. The number of fused-ring (bicyclic) bond motifs is 1. The largest absolute Gasteiger partial charge is 0.339 e. The van der Waals surface area contributed by atoms with Crippen molar-refractivity contribution >= 4 is 5.91 Å². The van der Waals surface area contributed by atoms with Crippen LogP contribution in [-0.2, 0) is 0 Å². The number of likely N-dealkylation sites (tertiary alicyclic amines) is 1. The molecule has 0 unspecified atom stereocenters. The Morgan fingerprint density at radius 3 is 2.63 bits per heavy atom. The molecule has 102 valence electrons. The van der Waals surface area contributed by atoms with Crippen LogP contribution >= 0.6 is 0 Å². The van der Waals surface area contributed by atoms with Crippen LogP contribution in [0.5, 0.6) is 0 Å². The molecule has 0 aromatic carbocycles. The highest BCUT2D eigenvalue weighted by atomic mass is 16.2. The smallest absolute Gasteiger partial charge is 0.257 e. The predicted octanol–water partition coefficient (Wildman–Crippen LogP) is 0.857. The lowest BCUT2D eigenvalue weighted by molar-refractivity contribution is 0.0757. The topological polar surface area (TPSA) is 58.1 Å². The number of hydrogen-bond donors (Lipinski definition) is 1. The molecule has 3 heterocycles. The minimum absolute atomic E-state index is 0.0889. The van der Waals surface area contributed by atoms with Crippen molar-refractivity contribution in [3.63, 3.8) is 0 Å². The Bertz CT molecular complexity index is 462. The van der Waals surface area contributed by atoms with Crippen molar-refractivity contribution in [2.24, 2.45) is 11.8 Å². The Morgan fingerprint density at radius 1 is 1.32 bits per heavy atom. The fourth-order valence-corrected chi connectivity index (χ4v) is 3.19. The van der Waals surface area contributed by atoms with E-state index in [1.165, 1.54) is 6.33 Å². The molecule has 2 atom stereocenters. The van der Waals surface area contributed by atoms with E-state index < -0.39 is 0 Å². The van der Waals surface area contributed by atoms with Crippen LogP contribution in [0.25, 0.3) is 0 Å². The van der Waals surface area contributed by atoms with Gasteiger partial charge in [-0.1, -0.05) is 0 Å². The number of carbonyl (C=O) groups excluding carboxylic acids is 1. The van der Waals surface area contributed by atoms with E-state index in [1.54, 1.807) is 6.20 Å². The summed E-state index contributed by atoms with van der Waals surface area (Å²) in [5, 5.41) is 3.45. The predicted molar refractivity (Wildman–Crippen MR) is 71.8 cm³/mol. The zero-order chi connectivity index (χ0) is 13.2. The highest BCUT2D eigenvalue weighted by Gasteiger charge is 2.31. The molecule has 2 saturated heterocycles. The average Bonchev–Trinajstić information content (AvgIpc) is 2.78. The summed E-state index contributed by atoms with van der Waals surface area (Å²) in [6.07, 6.45) is 5.34. The van der Waals surface area contributed by atoms with Crippen molar-refractivity contribution in [3.05, 3.63) is 23.8 Å². The summed E-state index contributed by atoms with van der Waals surface area (Å²) < 4.78 is 0. The molecule has 1 N–H and O–H groups in total. The van der Waals surface area contributed by atoms with E-state index in [4.69, 9.17) is 0 Å². The number of aromatic nitrogens is 2. The van der Waals surface area contributed by atoms with Gasteiger partial charge in [0.05, 0.1) is 11.3 Å². The first kappa shape index (κ1) is 12.5. The third-order valence-electron chi connectivity index (χ3n) is 4.45. The minimum atomic E-state index is 0.0889. The second kappa shape index (κ2) is 5.25. The number of nitrogens with zero attached hydrogens (tertiary/aromatic N) is 3. The van der Waals surface area contributed by atoms with Gasteiger partial charge in [0.15, 0.2) is 0 Å². The van der Waals surface area contributed by atoms with E-state index >= 15 is 0 Å². The SMILES string of the molecule is Cc1ncncc1C(=O)N1CC[C@@H]2CNC[C@@H]2CC1. The number of hydrogen-bond acceptors (Lipinski definition) is 4. The van der Waals surface area contributed by atoms with Gasteiger partial charge in [-0.25, -0.2) is 9.97 Å². The molecule has 0 aliphatic carbocycles. The quantitative estimate of drug-likeness (QED) is 0.813. The maximum atomic E-state index is 12.5. The number of amides is 1. The minimum Gasteiger partial charge on any atom is -0.339 e. The van der Waals surface area contributed by atoms with Gasteiger partial charge >= 0.3 is 0 Å². The molecule has 0 radical (unpaired) electrons. The first-order valence-corrected chi connectivity index (χ1v) is 7.02. The first-order valence-electron chi connectivity index (χ1n) is 7.02. The van der Waals surface area contributed by atoms with E-state index in [2.05, 4.69) is 15.3 Å². The molecule has 0 spiro atoms. The lowest BCUT2D eigenvalue weighted by Gasteiger charge is -2.21. The molecule has 2 aliphatic heterocycles. The van der Waals surface area contributed by atoms with Gasteiger partial charge in [-0.05, 0) is 44.7 Å². The van der Waals surface area contributed by atoms with E-state index in [0.29, 0.717) is 5.56 Å². The van der Waals surface area contributed by atoms with E-state index in [0.717, 1.165) is 56.6 Å². The molecular weight excluding hydrogens is 240 g/mol. The first-order chi connectivity index (χ1) is 9.25. The number of rotatable bonds is 1. The van der Waals surface area contributed by atoms with Crippen LogP contribution in [-0.4, -0.2) is 47.0 Å². The van der Waals surface area contributed by atoms with Crippen LogP contribution in [0.15, 0.2) is 12.5 Å². The molecule has 1 aromatic heterocycles. The average molecular weight is 260 g/mol. The Labute approximate surface area is 113 Å². The maximum Gasteiger partial charge on any atom is 0.257 e. The molecule has 0 saturated carbocycles. The van der Waals surface area contributed by atoms with E-state index in [1.807, 2.05) is 11.8 Å². The van der Waals surface area contributed by atoms with Crippen LogP contribution in [0.1, 0.15) is 28.9 Å². The van der Waals surface area contributed by atoms with Gasteiger partial charge < -0.3 is 10.2 Å². The molecule has 2 aliphatic rings. The normalized spacial score (nSPS) is 26.9. The van der Waals surface area contributed by atoms with Gasteiger partial charge in [0.2, 0.25) is 0 Å². The van der Waals surface area contributed by atoms with Crippen molar-refractivity contribution in [3.8, 4) is 0 Å². The number of nitrogens with one attached hydrogen (secondary N) is 1. The Balaban J connectivity index is 1.72. The number of carbonyl (C=O) groups is 1. The van der Waals surface area contributed by atoms with Crippen molar-refractivity contribution in [1.82, 2.24) is 20.2 Å². The monoisotopic (exact) mass is 260 g/mol. The molecule has 19 heavy (non-hydrogen) atoms. The highest BCUT2D eigenvalue weighted by molar-refractivity contribution is 5.94. The van der Waals surface area contributed by atoms with Gasteiger partial charge in [-0.3, -0.25) is 4.79 Å². The Morgan fingerprint density at radius 2 is 2.00 bits per heavy atom. The molecule has 5 nitrogen and oxygen atoms in total. The van der Waals surface area contributed by atoms with Gasteiger partial charge in [-0.2, -0.15) is 0 Å². The molecule has 3 rings (SSSR count). The highest BCUT2D eigenvalue weighted by Crippen LogP contribution is 2.27. The van der Waals surface area contributed by atoms with Crippen molar-refractivity contribution in [1.29, 1.82) is 0 Å². The van der Waals surface area contributed by atoms with E-state index in [-0.39, 0.29) is 5.91 Å². The lowest BCUT2D eigenvalue weighted by Crippen LogP contribution is -2.33. The van der Waals surface area contributed by atoms with Gasteiger partial charge in [0.25, 0.3) is 5.91 Å². The lowest BCUT2D eigenvalue weighted by atomic mass is 9.92. The molecule has 1 amide bonds. The van der Waals surface area contributed by atoms with Crippen LogP contribution in [0.4, 0.5) is 0 Å². The Hall–Kier alpha value is -1.49. The summed E-state index contributed by atoms with van der Waals surface area (Å²) in [6.45, 7) is 5.80. The standard InChI is InChI=1S/C14H20N4O/c1-10-13(8-16-9-17-10)14(19)18-4-2-11-6-15-7-12(11)3-5-18/h8-9,11-12,15H,2-7H2,1H3/t11-,12+. The molecular formula is C14H20N4O. The molecule has 5 heteroatoms. The fourth-order valence-electron chi connectivity index (χ4n) is 3.19. The summed E-state index contributed by atoms with van der Waals surface area (Å²) in [6, 6.07) is 0. The Kier molecular flexibility index (Phi) is 3.46. The summed E-state index contributed by atoms with van der Waals surface area (Å²) >= 11 is 0. The third-order valence-corrected chi connectivity index (χ3v) is 4.45. The van der Waals surface area contributed by atoms with Crippen molar-refractivity contribution < 1.29 is 4.79 Å². The van der Waals surface area contributed by atoms with E-state index in [9.17, 15) is 4.79 Å². The van der Waals surface area contributed by atoms with Crippen molar-refractivity contribution in [2.45, 2.75) is 19.8 Å². The summed E-state index contributed by atoms with van der Waals surface area (Å²) in [4.78, 5) is 22.6. The summed E-state index contributed by atoms with van der Waals surface area (Å²) in [7, 11) is 0. The second-order valence-corrected chi connectivity index (χ2v) is 5.57. The molecule has 1 aromatic rings. The van der Waals surface area contributed by atoms with Gasteiger partial charge in [0.1, 0.15) is 6.33 Å². The van der Waals surface area contributed by atoms with Crippen LogP contribution in [0.2, 0.25) is 0 Å². The maximum absolute atomic E-state index is 12.5. The van der Waals surface area contributed by atoms with Crippen LogP contribution < -0.4 is 5.32 Å². The zero-order valence-electron chi connectivity index (χ0n) is 11.3. The van der Waals surface area contributed by atoms with Crippen molar-refractivity contribution in [2.75, 3.05) is 26.2 Å². The molecule has 0 bridgehead atoms. The fraction of sp³-hybridized carbons (Fsp3) is 0.643. The zero-order valence-corrected chi connectivity index (χ0v) is 11.3. The van der Waals surface area contributed by atoms with Gasteiger partial charge in [0, 0.05) is 19.3 Å². The van der Waals surface area contributed by atoms with Gasteiger partial charge in [-0.15, -0.1) is 0 Å².